The average molecular weight is 361 g/mol. The molecule has 1 aromatic heterocycles. The minimum absolute atomic E-state index is 0.170. The Balaban J connectivity index is 2.10. The second-order valence-electron chi connectivity index (χ2n) is 3.32. The minimum Gasteiger partial charge on any atom is -0.486 e. The highest BCUT2D eigenvalue weighted by atomic mass is 79.9. The lowest BCUT2D eigenvalue weighted by molar-refractivity contribution is 0.296. The number of benzene rings is 1. The summed E-state index contributed by atoms with van der Waals surface area (Å²) in [5, 5.41) is 0. The molecule has 2 aromatic rings. The van der Waals surface area contributed by atoms with Crippen molar-refractivity contribution in [3.63, 3.8) is 0 Å². The van der Waals surface area contributed by atoms with Crippen LogP contribution in [0.5, 0.6) is 5.75 Å². The van der Waals surface area contributed by atoms with E-state index in [9.17, 15) is 4.39 Å². The van der Waals surface area contributed by atoms with Crippen LogP contribution in [-0.2, 0) is 6.61 Å². The Morgan fingerprint density at radius 3 is 2.76 bits per heavy atom. The lowest BCUT2D eigenvalue weighted by Crippen LogP contribution is -1.99. The number of aromatic nitrogens is 1. The van der Waals surface area contributed by atoms with Crippen LogP contribution in [0.2, 0.25) is 0 Å². The van der Waals surface area contributed by atoms with Crippen LogP contribution >= 0.6 is 31.9 Å². The monoisotopic (exact) mass is 359 g/mol. The summed E-state index contributed by atoms with van der Waals surface area (Å²) >= 11 is 6.47. The maximum Gasteiger partial charge on any atom is 0.152 e. The fourth-order valence-corrected chi connectivity index (χ4v) is 1.97. The van der Waals surface area contributed by atoms with Gasteiger partial charge in [0.15, 0.2) is 5.75 Å². The second-order valence-corrected chi connectivity index (χ2v) is 4.98. The number of hydrogen-bond donors (Lipinski definition) is 0. The fraction of sp³-hybridized carbons (Fsp3) is 0.0833. The molecule has 0 amide bonds. The normalized spacial score (nSPS) is 10.3. The molecule has 1 heterocycles. The molecule has 0 atom stereocenters. The molecule has 0 unspecified atom stereocenters. The molecule has 88 valence electrons. The lowest BCUT2D eigenvalue weighted by Gasteiger charge is -2.08. The average Bonchev–Trinajstić information content (AvgIpc) is 2.30. The molecule has 0 saturated heterocycles. The molecule has 0 aliphatic rings. The summed E-state index contributed by atoms with van der Waals surface area (Å²) < 4.78 is 20.3. The van der Waals surface area contributed by atoms with Crippen molar-refractivity contribution in [1.29, 1.82) is 0 Å². The Hall–Kier alpha value is -0.940. The first-order valence-electron chi connectivity index (χ1n) is 4.84. The maximum atomic E-state index is 13.5. The van der Waals surface area contributed by atoms with E-state index in [1.165, 1.54) is 6.07 Å². The van der Waals surface area contributed by atoms with Crippen molar-refractivity contribution in [3.05, 3.63) is 57.0 Å². The summed E-state index contributed by atoms with van der Waals surface area (Å²) in [6, 6.07) is 8.41. The van der Waals surface area contributed by atoms with Crippen molar-refractivity contribution < 1.29 is 9.13 Å². The summed E-state index contributed by atoms with van der Waals surface area (Å²) in [6.45, 7) is 0.170. The van der Waals surface area contributed by atoms with Crippen LogP contribution in [0.25, 0.3) is 0 Å². The molecule has 0 spiro atoms. The van der Waals surface area contributed by atoms with E-state index in [-0.39, 0.29) is 12.4 Å². The largest absolute Gasteiger partial charge is 0.486 e. The molecule has 0 saturated carbocycles. The van der Waals surface area contributed by atoms with E-state index in [4.69, 9.17) is 4.74 Å². The molecule has 1 aromatic carbocycles. The zero-order valence-electron chi connectivity index (χ0n) is 8.66. The van der Waals surface area contributed by atoms with Gasteiger partial charge in [-0.05, 0) is 40.2 Å². The highest BCUT2D eigenvalue weighted by molar-refractivity contribution is 9.10. The Morgan fingerprint density at radius 2 is 2.06 bits per heavy atom. The summed E-state index contributed by atoms with van der Waals surface area (Å²) in [7, 11) is 0. The molecule has 0 fully saturated rings. The molecule has 2 rings (SSSR count). The Bertz CT molecular complexity index is 534. The predicted molar refractivity (Wildman–Crippen MR) is 70.4 cm³/mol. The van der Waals surface area contributed by atoms with E-state index in [1.807, 2.05) is 0 Å². The van der Waals surface area contributed by atoms with E-state index in [0.717, 1.165) is 0 Å². The third kappa shape index (κ3) is 3.26. The number of nitrogens with zero attached hydrogens (tertiary/aromatic N) is 1. The van der Waals surface area contributed by atoms with Gasteiger partial charge in [-0.25, -0.2) is 9.37 Å². The van der Waals surface area contributed by atoms with Crippen molar-refractivity contribution in [2.45, 2.75) is 6.61 Å². The van der Waals surface area contributed by atoms with E-state index < -0.39 is 0 Å². The lowest BCUT2D eigenvalue weighted by atomic mass is 10.2. The zero-order valence-corrected chi connectivity index (χ0v) is 11.8. The molecule has 0 bridgehead atoms. The first-order valence-corrected chi connectivity index (χ1v) is 6.42. The van der Waals surface area contributed by atoms with Crippen molar-refractivity contribution in [2.75, 3.05) is 0 Å². The van der Waals surface area contributed by atoms with Crippen LogP contribution in [0.1, 0.15) is 5.56 Å². The van der Waals surface area contributed by atoms with E-state index in [0.29, 0.717) is 20.4 Å². The van der Waals surface area contributed by atoms with Crippen LogP contribution in [0.15, 0.2) is 45.6 Å². The van der Waals surface area contributed by atoms with E-state index in [2.05, 4.69) is 36.8 Å². The molecule has 0 radical (unpaired) electrons. The third-order valence-electron chi connectivity index (χ3n) is 2.12. The van der Waals surface area contributed by atoms with Crippen molar-refractivity contribution in [1.82, 2.24) is 4.98 Å². The van der Waals surface area contributed by atoms with Crippen molar-refractivity contribution in [3.8, 4) is 5.75 Å². The number of halogens is 3. The highest BCUT2D eigenvalue weighted by Crippen LogP contribution is 2.23. The van der Waals surface area contributed by atoms with Crippen LogP contribution in [0.4, 0.5) is 4.39 Å². The van der Waals surface area contributed by atoms with E-state index in [1.54, 1.807) is 30.5 Å². The smallest absolute Gasteiger partial charge is 0.152 e. The summed E-state index contributed by atoms with van der Waals surface area (Å²) in [5.41, 5.74) is 0.504. The van der Waals surface area contributed by atoms with Crippen LogP contribution in [-0.4, -0.2) is 4.98 Å². The van der Waals surface area contributed by atoms with Crippen molar-refractivity contribution >= 4 is 31.9 Å². The molecule has 5 heteroatoms. The second kappa shape index (κ2) is 5.60. The fourth-order valence-electron chi connectivity index (χ4n) is 1.27. The molecule has 2 nitrogen and oxygen atoms in total. The standard InChI is InChI=1S/C12H8Br2FNO/c13-9-4-3-8(10(15)6-9)7-17-11-2-1-5-16-12(11)14/h1-6H,7H2. The van der Waals surface area contributed by atoms with Gasteiger partial charge in [-0.15, -0.1) is 0 Å². The van der Waals surface area contributed by atoms with Gasteiger partial charge in [0.25, 0.3) is 0 Å². The number of rotatable bonds is 3. The Kier molecular flexibility index (Phi) is 4.12. The summed E-state index contributed by atoms with van der Waals surface area (Å²) in [6.07, 6.45) is 1.65. The van der Waals surface area contributed by atoms with Crippen LogP contribution in [0, 0.1) is 5.82 Å². The number of ether oxygens (including phenoxy) is 1. The summed E-state index contributed by atoms with van der Waals surface area (Å²) in [4.78, 5) is 4.02. The molecule has 17 heavy (non-hydrogen) atoms. The predicted octanol–water partition coefficient (Wildman–Crippen LogP) is 4.32. The SMILES string of the molecule is Fc1cc(Br)ccc1COc1cccnc1Br. The van der Waals surface area contributed by atoms with Gasteiger partial charge in [-0.2, -0.15) is 0 Å². The first kappa shape index (κ1) is 12.5. The van der Waals surface area contributed by atoms with Gasteiger partial charge in [0, 0.05) is 16.2 Å². The van der Waals surface area contributed by atoms with Gasteiger partial charge in [0.2, 0.25) is 0 Å². The van der Waals surface area contributed by atoms with Gasteiger partial charge < -0.3 is 4.74 Å². The first-order chi connectivity index (χ1) is 8.16. The van der Waals surface area contributed by atoms with Gasteiger partial charge in [-0.3, -0.25) is 0 Å². The van der Waals surface area contributed by atoms with Crippen molar-refractivity contribution in [2.24, 2.45) is 0 Å². The van der Waals surface area contributed by atoms with Gasteiger partial charge in [0.05, 0.1) is 0 Å². The van der Waals surface area contributed by atoms with Gasteiger partial charge in [0.1, 0.15) is 17.0 Å². The molecular weight excluding hydrogens is 353 g/mol. The van der Waals surface area contributed by atoms with Crippen LogP contribution in [0.3, 0.4) is 0 Å². The molecule has 0 aliphatic carbocycles. The van der Waals surface area contributed by atoms with Gasteiger partial charge >= 0.3 is 0 Å². The molecular formula is C12H8Br2FNO. The van der Waals surface area contributed by atoms with Crippen LogP contribution < -0.4 is 4.74 Å². The zero-order chi connectivity index (χ0) is 12.3. The quantitative estimate of drug-likeness (QED) is 0.760. The van der Waals surface area contributed by atoms with E-state index >= 15 is 0 Å². The van der Waals surface area contributed by atoms with Gasteiger partial charge in [-0.1, -0.05) is 22.0 Å². The minimum atomic E-state index is -0.292. The highest BCUT2D eigenvalue weighted by Gasteiger charge is 2.05. The Labute approximate surface area is 115 Å². The number of pyridine rings is 1. The molecule has 0 N–H and O–H groups in total. The maximum absolute atomic E-state index is 13.5. The summed E-state index contributed by atoms with van der Waals surface area (Å²) in [5.74, 6) is 0.300. The Morgan fingerprint density at radius 1 is 1.24 bits per heavy atom. The topological polar surface area (TPSA) is 22.1 Å². The number of hydrogen-bond acceptors (Lipinski definition) is 2. The molecule has 0 aliphatic heterocycles. The third-order valence-corrected chi connectivity index (χ3v) is 3.21.